The maximum absolute atomic E-state index is 14.0. The molecule has 0 amide bonds. The highest BCUT2D eigenvalue weighted by molar-refractivity contribution is 14.1. The first-order valence-electron chi connectivity index (χ1n) is 8.06. The molecule has 0 bridgehead atoms. The van der Waals surface area contributed by atoms with E-state index in [0.717, 1.165) is 12.8 Å². The van der Waals surface area contributed by atoms with Crippen LogP contribution in [0.2, 0.25) is 0 Å². The Morgan fingerprint density at radius 1 is 1.00 bits per heavy atom. The summed E-state index contributed by atoms with van der Waals surface area (Å²) >= 11 is 4.09. The summed E-state index contributed by atoms with van der Waals surface area (Å²) in [6, 6.07) is 0. The Kier molecular flexibility index (Phi) is 9.05. The molecule has 0 saturated heterocycles. The van der Waals surface area contributed by atoms with E-state index < -0.39 is 0 Å². The molecular formula is C16H27FI2N2. The van der Waals surface area contributed by atoms with Gasteiger partial charge in [0.05, 0.1) is 5.54 Å². The highest BCUT2D eigenvalue weighted by atomic mass is 127. The fraction of sp³-hybridized carbons (Fsp3) is 0.812. The summed E-state index contributed by atoms with van der Waals surface area (Å²) in [6.07, 6.45) is 10.9. The van der Waals surface area contributed by atoms with Crippen LogP contribution in [0.15, 0.2) is 0 Å². The van der Waals surface area contributed by atoms with Crippen LogP contribution in [0.4, 0.5) is 4.39 Å². The molecule has 1 unspecified atom stereocenters. The predicted octanol–water partition coefficient (Wildman–Crippen LogP) is 6.50. The van der Waals surface area contributed by atoms with Crippen molar-refractivity contribution in [3.05, 3.63) is 13.2 Å². The molecule has 0 aliphatic rings. The molecule has 1 aromatic rings. The molecule has 1 heterocycles. The van der Waals surface area contributed by atoms with E-state index in [1.54, 1.807) is 0 Å². The first kappa shape index (κ1) is 19.6. The van der Waals surface area contributed by atoms with Crippen LogP contribution in [0, 0.1) is 13.2 Å². The van der Waals surface area contributed by atoms with Gasteiger partial charge in [-0.1, -0.05) is 58.8 Å². The smallest absolute Gasteiger partial charge is 0.188 e. The van der Waals surface area contributed by atoms with Crippen molar-refractivity contribution in [3.8, 4) is 0 Å². The van der Waals surface area contributed by atoms with E-state index in [-0.39, 0.29) is 11.4 Å². The molecule has 0 saturated carbocycles. The number of nitrogens with zero attached hydrogens (tertiary/aromatic N) is 2. The summed E-state index contributed by atoms with van der Waals surface area (Å²) in [6.45, 7) is 6.69. The van der Waals surface area contributed by atoms with Gasteiger partial charge in [0.25, 0.3) is 0 Å². The van der Waals surface area contributed by atoms with Crippen LogP contribution in [0.5, 0.6) is 0 Å². The second-order valence-electron chi connectivity index (χ2n) is 6.07. The largest absolute Gasteiger partial charge is 0.249 e. The van der Waals surface area contributed by atoms with Gasteiger partial charge in [0.2, 0.25) is 0 Å². The van der Waals surface area contributed by atoms with Gasteiger partial charge < -0.3 is 0 Å². The Morgan fingerprint density at radius 2 is 1.57 bits per heavy atom. The summed E-state index contributed by atoms with van der Waals surface area (Å²) in [5.74, 6) is -0.162. The molecule has 1 rings (SSSR count). The molecule has 5 heteroatoms. The standard InChI is InChI=1S/C16H27FI2N2/c1-4-6-8-9-10-12-16(3,11-7-5-2)21-15(19)13(17)14(18)20-21/h4-12H2,1-3H3. The van der Waals surface area contributed by atoms with Crippen molar-refractivity contribution in [2.75, 3.05) is 0 Å². The normalized spacial score (nSPS) is 14.4. The Bertz CT molecular complexity index is 434. The van der Waals surface area contributed by atoms with Crippen LogP contribution >= 0.6 is 45.2 Å². The lowest BCUT2D eigenvalue weighted by atomic mass is 9.88. The third kappa shape index (κ3) is 5.62. The minimum absolute atomic E-state index is 0.0526. The SMILES string of the molecule is CCCCCCCC(C)(CCCC)n1nc(I)c(F)c1I. The van der Waals surface area contributed by atoms with Gasteiger partial charge in [-0.25, -0.2) is 9.07 Å². The van der Waals surface area contributed by atoms with Crippen molar-refractivity contribution < 1.29 is 4.39 Å². The van der Waals surface area contributed by atoms with E-state index in [2.05, 4.69) is 48.5 Å². The molecule has 0 aliphatic carbocycles. The van der Waals surface area contributed by atoms with Gasteiger partial charge in [0.1, 0.15) is 3.70 Å². The molecule has 1 aromatic heterocycles. The van der Waals surface area contributed by atoms with Gasteiger partial charge in [0, 0.05) is 0 Å². The van der Waals surface area contributed by atoms with Crippen molar-refractivity contribution in [3.63, 3.8) is 0 Å². The van der Waals surface area contributed by atoms with E-state index in [0.29, 0.717) is 7.40 Å². The van der Waals surface area contributed by atoms with Gasteiger partial charge in [-0.05, 0) is 64.9 Å². The maximum atomic E-state index is 14.0. The van der Waals surface area contributed by atoms with Gasteiger partial charge in [0.15, 0.2) is 9.52 Å². The number of unbranched alkanes of at least 4 members (excludes halogenated alkanes) is 5. The van der Waals surface area contributed by atoms with Crippen LogP contribution < -0.4 is 0 Å². The number of halogens is 3. The molecular weight excluding hydrogens is 493 g/mol. The zero-order valence-corrected chi connectivity index (χ0v) is 17.7. The third-order valence-electron chi connectivity index (χ3n) is 4.14. The highest BCUT2D eigenvalue weighted by Gasteiger charge is 2.30. The highest BCUT2D eigenvalue weighted by Crippen LogP contribution is 2.33. The molecule has 0 N–H and O–H groups in total. The quantitative estimate of drug-likeness (QED) is 0.255. The lowest BCUT2D eigenvalue weighted by molar-refractivity contribution is 0.222. The minimum atomic E-state index is -0.162. The molecule has 21 heavy (non-hydrogen) atoms. The summed E-state index contributed by atoms with van der Waals surface area (Å²) in [5.41, 5.74) is -0.0526. The van der Waals surface area contributed by atoms with Crippen LogP contribution in [0.1, 0.15) is 78.6 Å². The molecule has 0 aromatic carbocycles. The first-order chi connectivity index (χ1) is 9.96. The molecule has 122 valence electrons. The molecule has 1 atom stereocenters. The third-order valence-corrected chi connectivity index (χ3v) is 5.75. The van der Waals surface area contributed by atoms with Crippen LogP contribution in [-0.4, -0.2) is 9.78 Å². The summed E-state index contributed by atoms with van der Waals surface area (Å²) in [4.78, 5) is 0. The van der Waals surface area contributed by atoms with Gasteiger partial charge in [-0.15, -0.1) is 0 Å². The molecule has 0 fully saturated rings. The lowest BCUT2D eigenvalue weighted by Crippen LogP contribution is -2.32. The minimum Gasteiger partial charge on any atom is -0.249 e. The van der Waals surface area contributed by atoms with Gasteiger partial charge in [-0.3, -0.25) is 0 Å². The van der Waals surface area contributed by atoms with E-state index in [1.807, 2.05) is 27.3 Å². The Balaban J connectivity index is 2.79. The van der Waals surface area contributed by atoms with E-state index in [4.69, 9.17) is 0 Å². The maximum Gasteiger partial charge on any atom is 0.188 e. The molecule has 0 spiro atoms. The zero-order valence-electron chi connectivity index (χ0n) is 13.4. The predicted molar refractivity (Wildman–Crippen MR) is 104 cm³/mol. The fourth-order valence-corrected chi connectivity index (χ4v) is 4.65. The van der Waals surface area contributed by atoms with Crippen LogP contribution in [-0.2, 0) is 5.54 Å². The monoisotopic (exact) mass is 520 g/mol. The van der Waals surface area contributed by atoms with Gasteiger partial charge >= 0.3 is 0 Å². The van der Waals surface area contributed by atoms with Crippen LogP contribution in [0.25, 0.3) is 0 Å². The molecule has 2 nitrogen and oxygen atoms in total. The number of hydrogen-bond donors (Lipinski definition) is 0. The fourth-order valence-electron chi connectivity index (χ4n) is 2.72. The Morgan fingerprint density at radius 3 is 2.10 bits per heavy atom. The van der Waals surface area contributed by atoms with Crippen LogP contribution in [0.3, 0.4) is 0 Å². The molecule has 0 radical (unpaired) electrons. The zero-order chi connectivity index (χ0) is 15.9. The van der Waals surface area contributed by atoms with E-state index >= 15 is 0 Å². The number of rotatable bonds is 10. The average molecular weight is 520 g/mol. The van der Waals surface area contributed by atoms with E-state index in [1.165, 1.54) is 44.9 Å². The Labute approximate surface area is 155 Å². The van der Waals surface area contributed by atoms with Crippen molar-refractivity contribution in [1.82, 2.24) is 9.78 Å². The average Bonchev–Trinajstić information content (AvgIpc) is 2.73. The summed E-state index contributed by atoms with van der Waals surface area (Å²) in [5, 5.41) is 4.47. The summed E-state index contributed by atoms with van der Waals surface area (Å²) < 4.78 is 17.1. The second-order valence-corrected chi connectivity index (χ2v) is 8.12. The first-order valence-corrected chi connectivity index (χ1v) is 10.2. The molecule has 0 aliphatic heterocycles. The second kappa shape index (κ2) is 9.67. The Hall–Kier alpha value is 0.600. The van der Waals surface area contributed by atoms with Crippen molar-refractivity contribution in [2.45, 2.75) is 84.1 Å². The topological polar surface area (TPSA) is 17.8 Å². The van der Waals surface area contributed by atoms with Crippen molar-refractivity contribution >= 4 is 45.2 Å². The lowest BCUT2D eigenvalue weighted by Gasteiger charge is -2.31. The van der Waals surface area contributed by atoms with E-state index in [9.17, 15) is 4.39 Å². The van der Waals surface area contributed by atoms with Crippen molar-refractivity contribution in [1.29, 1.82) is 0 Å². The van der Waals surface area contributed by atoms with Gasteiger partial charge in [-0.2, -0.15) is 5.10 Å². The van der Waals surface area contributed by atoms with Crippen molar-refractivity contribution in [2.24, 2.45) is 0 Å². The number of aromatic nitrogens is 2. The number of hydrogen-bond acceptors (Lipinski definition) is 1. The summed E-state index contributed by atoms with van der Waals surface area (Å²) in [7, 11) is 0.